The highest BCUT2D eigenvalue weighted by Crippen LogP contribution is 2.34. The van der Waals surface area contributed by atoms with Gasteiger partial charge >= 0.3 is 0 Å². The van der Waals surface area contributed by atoms with Crippen molar-refractivity contribution in [2.24, 2.45) is 5.73 Å². The second kappa shape index (κ2) is 6.25. The molecule has 1 aromatic carbocycles. The Bertz CT molecular complexity index is 476. The number of allylic oxidation sites excluding steroid dienone is 1. The van der Waals surface area contributed by atoms with Gasteiger partial charge in [-0.1, -0.05) is 23.8 Å². The van der Waals surface area contributed by atoms with Crippen LogP contribution in [-0.4, -0.2) is 7.11 Å². The number of benzene rings is 1. The first-order valence-electron chi connectivity index (χ1n) is 7.21. The lowest BCUT2D eigenvalue weighted by atomic mass is 9.90. The van der Waals surface area contributed by atoms with Gasteiger partial charge in [0.2, 0.25) is 0 Å². The monoisotopic (exact) mass is 259 g/mol. The third-order valence-electron chi connectivity index (χ3n) is 4.18. The van der Waals surface area contributed by atoms with Crippen molar-refractivity contribution in [3.8, 4) is 5.75 Å². The lowest BCUT2D eigenvalue weighted by molar-refractivity contribution is 0.401. The fourth-order valence-electron chi connectivity index (χ4n) is 2.86. The second-order valence-corrected chi connectivity index (χ2v) is 5.55. The topological polar surface area (TPSA) is 35.2 Å². The predicted octanol–water partition coefficient (Wildman–Crippen LogP) is 4.20. The van der Waals surface area contributed by atoms with Crippen molar-refractivity contribution in [2.45, 2.75) is 52.0 Å². The predicted molar refractivity (Wildman–Crippen MR) is 80.6 cm³/mol. The van der Waals surface area contributed by atoms with E-state index in [2.05, 4.69) is 32.1 Å². The summed E-state index contributed by atoms with van der Waals surface area (Å²) in [5.41, 5.74) is 11.5. The van der Waals surface area contributed by atoms with E-state index in [0.717, 1.165) is 17.7 Å². The molecule has 1 unspecified atom stereocenters. The van der Waals surface area contributed by atoms with E-state index >= 15 is 0 Å². The van der Waals surface area contributed by atoms with E-state index in [0.29, 0.717) is 0 Å². The van der Waals surface area contributed by atoms with Crippen LogP contribution >= 0.6 is 0 Å². The number of hydrogen-bond donors (Lipinski definition) is 1. The number of ether oxygens (including phenoxy) is 1. The van der Waals surface area contributed by atoms with Crippen LogP contribution in [0.1, 0.15) is 54.8 Å². The Morgan fingerprint density at radius 2 is 2.05 bits per heavy atom. The average molecular weight is 259 g/mol. The van der Waals surface area contributed by atoms with Crippen molar-refractivity contribution < 1.29 is 4.74 Å². The molecule has 19 heavy (non-hydrogen) atoms. The molecule has 0 amide bonds. The molecule has 0 bridgehead atoms. The zero-order valence-corrected chi connectivity index (χ0v) is 12.3. The molecule has 0 aliphatic heterocycles. The summed E-state index contributed by atoms with van der Waals surface area (Å²) in [6, 6.07) is 4.30. The van der Waals surface area contributed by atoms with Crippen LogP contribution in [-0.2, 0) is 0 Å². The summed E-state index contributed by atoms with van der Waals surface area (Å²) < 4.78 is 5.57. The fraction of sp³-hybridized carbons (Fsp3) is 0.529. The Morgan fingerprint density at radius 3 is 2.68 bits per heavy atom. The first-order chi connectivity index (χ1) is 9.13. The second-order valence-electron chi connectivity index (χ2n) is 5.55. The number of methoxy groups -OCH3 is 1. The van der Waals surface area contributed by atoms with Gasteiger partial charge in [0.15, 0.2) is 0 Å². The summed E-state index contributed by atoms with van der Waals surface area (Å²) >= 11 is 0. The summed E-state index contributed by atoms with van der Waals surface area (Å²) in [6.45, 7) is 4.21. The third-order valence-corrected chi connectivity index (χ3v) is 4.18. The summed E-state index contributed by atoms with van der Waals surface area (Å²) in [6.07, 6.45) is 8.39. The number of rotatable bonds is 4. The number of nitrogens with two attached hydrogens (primary N) is 1. The van der Waals surface area contributed by atoms with Crippen LogP contribution in [0.15, 0.2) is 23.8 Å². The Labute approximate surface area is 116 Å². The maximum absolute atomic E-state index is 6.40. The molecular formula is C17H25NO. The average Bonchev–Trinajstić information content (AvgIpc) is 2.42. The Kier molecular flexibility index (Phi) is 4.65. The van der Waals surface area contributed by atoms with Gasteiger partial charge in [-0.3, -0.25) is 0 Å². The molecule has 1 aliphatic rings. The van der Waals surface area contributed by atoms with Crippen molar-refractivity contribution in [2.75, 3.05) is 7.11 Å². The van der Waals surface area contributed by atoms with E-state index in [4.69, 9.17) is 10.5 Å². The SMILES string of the molecule is COc1c(C(N)CC2=CCCCC2)ccc(C)c1C. The molecule has 0 spiro atoms. The Hall–Kier alpha value is -1.28. The molecule has 0 fully saturated rings. The minimum Gasteiger partial charge on any atom is -0.496 e. The molecule has 2 N–H and O–H groups in total. The molecule has 0 saturated carbocycles. The zero-order chi connectivity index (χ0) is 13.8. The Morgan fingerprint density at radius 1 is 1.26 bits per heavy atom. The van der Waals surface area contributed by atoms with E-state index in [9.17, 15) is 0 Å². The van der Waals surface area contributed by atoms with Gasteiger partial charge in [-0.2, -0.15) is 0 Å². The van der Waals surface area contributed by atoms with E-state index in [1.54, 1.807) is 7.11 Å². The smallest absolute Gasteiger partial charge is 0.126 e. The normalized spacial score (nSPS) is 16.9. The molecular weight excluding hydrogens is 234 g/mol. The quantitative estimate of drug-likeness (QED) is 0.822. The van der Waals surface area contributed by atoms with Crippen LogP contribution in [0.2, 0.25) is 0 Å². The van der Waals surface area contributed by atoms with E-state index in [-0.39, 0.29) is 6.04 Å². The van der Waals surface area contributed by atoms with Crippen molar-refractivity contribution >= 4 is 0 Å². The minimum atomic E-state index is 0.0404. The van der Waals surface area contributed by atoms with Gasteiger partial charge in [0, 0.05) is 11.6 Å². The molecule has 104 valence electrons. The highest BCUT2D eigenvalue weighted by molar-refractivity contribution is 5.47. The number of aryl methyl sites for hydroxylation is 1. The Balaban J connectivity index is 2.21. The molecule has 0 radical (unpaired) electrons. The molecule has 1 aliphatic carbocycles. The molecule has 0 heterocycles. The molecule has 0 aromatic heterocycles. The van der Waals surface area contributed by atoms with Gasteiger partial charge in [0.1, 0.15) is 5.75 Å². The van der Waals surface area contributed by atoms with Gasteiger partial charge in [-0.15, -0.1) is 0 Å². The fourth-order valence-corrected chi connectivity index (χ4v) is 2.86. The summed E-state index contributed by atoms with van der Waals surface area (Å²) in [7, 11) is 1.73. The zero-order valence-electron chi connectivity index (χ0n) is 12.3. The van der Waals surface area contributed by atoms with Crippen LogP contribution in [0.4, 0.5) is 0 Å². The third kappa shape index (κ3) is 3.19. The van der Waals surface area contributed by atoms with Crippen LogP contribution in [0.5, 0.6) is 5.75 Å². The highest BCUT2D eigenvalue weighted by Gasteiger charge is 2.17. The lowest BCUT2D eigenvalue weighted by Crippen LogP contribution is -2.14. The molecule has 2 nitrogen and oxygen atoms in total. The highest BCUT2D eigenvalue weighted by atomic mass is 16.5. The summed E-state index contributed by atoms with van der Waals surface area (Å²) in [4.78, 5) is 0. The molecule has 0 saturated heterocycles. The maximum atomic E-state index is 6.40. The minimum absolute atomic E-state index is 0.0404. The number of hydrogen-bond acceptors (Lipinski definition) is 2. The van der Waals surface area contributed by atoms with Crippen molar-refractivity contribution in [3.05, 3.63) is 40.5 Å². The standard InChI is InChI=1S/C17H25NO/c1-12-9-10-15(17(19-3)13(12)2)16(18)11-14-7-5-4-6-8-14/h7,9-10,16H,4-6,8,11,18H2,1-3H3. The van der Waals surface area contributed by atoms with Crippen molar-refractivity contribution in [3.63, 3.8) is 0 Å². The molecule has 1 aromatic rings. The van der Waals surface area contributed by atoms with Crippen LogP contribution in [0, 0.1) is 13.8 Å². The van der Waals surface area contributed by atoms with Gasteiger partial charge in [-0.25, -0.2) is 0 Å². The van der Waals surface area contributed by atoms with E-state index in [1.165, 1.54) is 42.4 Å². The largest absolute Gasteiger partial charge is 0.496 e. The van der Waals surface area contributed by atoms with Crippen LogP contribution in [0.25, 0.3) is 0 Å². The van der Waals surface area contributed by atoms with E-state index in [1.807, 2.05) is 0 Å². The lowest BCUT2D eigenvalue weighted by Gasteiger charge is -2.21. The molecule has 2 heteroatoms. The van der Waals surface area contributed by atoms with E-state index < -0.39 is 0 Å². The first-order valence-corrected chi connectivity index (χ1v) is 7.21. The first kappa shape index (κ1) is 14.1. The van der Waals surface area contributed by atoms with Gasteiger partial charge < -0.3 is 10.5 Å². The van der Waals surface area contributed by atoms with Crippen LogP contribution in [0.3, 0.4) is 0 Å². The molecule has 1 atom stereocenters. The van der Waals surface area contributed by atoms with Gasteiger partial charge in [0.25, 0.3) is 0 Å². The maximum Gasteiger partial charge on any atom is 0.126 e. The van der Waals surface area contributed by atoms with Gasteiger partial charge in [-0.05, 0) is 57.1 Å². The van der Waals surface area contributed by atoms with Crippen molar-refractivity contribution in [1.29, 1.82) is 0 Å². The van der Waals surface area contributed by atoms with Crippen molar-refractivity contribution in [1.82, 2.24) is 0 Å². The summed E-state index contributed by atoms with van der Waals surface area (Å²) in [5, 5.41) is 0. The van der Waals surface area contributed by atoms with Crippen LogP contribution < -0.4 is 10.5 Å². The summed E-state index contributed by atoms with van der Waals surface area (Å²) in [5.74, 6) is 0.962. The molecule has 2 rings (SSSR count). The van der Waals surface area contributed by atoms with Gasteiger partial charge in [0.05, 0.1) is 7.11 Å².